The summed E-state index contributed by atoms with van der Waals surface area (Å²) >= 11 is 0. The molecule has 19 heavy (non-hydrogen) atoms. The van der Waals surface area contributed by atoms with Crippen LogP contribution in [0.2, 0.25) is 0 Å². The molecule has 0 saturated carbocycles. The zero-order valence-electron chi connectivity index (χ0n) is 13.3. The summed E-state index contributed by atoms with van der Waals surface area (Å²) < 4.78 is 0. The third kappa shape index (κ3) is 2.96. The van der Waals surface area contributed by atoms with Crippen LogP contribution in [0.25, 0.3) is 0 Å². The molecule has 2 unspecified atom stereocenters. The van der Waals surface area contributed by atoms with Crippen molar-refractivity contribution in [1.29, 1.82) is 0 Å². The lowest BCUT2D eigenvalue weighted by atomic mass is 9.85. The Bertz CT molecular complexity index is 338. The summed E-state index contributed by atoms with van der Waals surface area (Å²) in [5.74, 6) is 1.09. The van der Waals surface area contributed by atoms with Gasteiger partial charge in [-0.05, 0) is 66.3 Å². The Hall–Kier alpha value is -0.570. The van der Waals surface area contributed by atoms with Crippen molar-refractivity contribution in [3.05, 3.63) is 0 Å². The molecule has 0 bridgehead atoms. The van der Waals surface area contributed by atoms with Crippen LogP contribution in [0.4, 0.5) is 0 Å². The summed E-state index contributed by atoms with van der Waals surface area (Å²) in [4.78, 5) is 16.7. The van der Waals surface area contributed by atoms with E-state index in [2.05, 4.69) is 44.4 Å². The van der Waals surface area contributed by atoms with Crippen LogP contribution < -0.4 is 0 Å². The standard InChI is InChI=1S/C16H30N2O/c1-12(2)17-10-8-14(13(17)3)11-16(4,5)18-9-6-7-15(18)19/h12-14H,6-11H2,1-5H3. The van der Waals surface area contributed by atoms with Crippen LogP contribution in [0.5, 0.6) is 0 Å². The minimum atomic E-state index is 0.0273. The summed E-state index contributed by atoms with van der Waals surface area (Å²) in [6.07, 6.45) is 4.22. The topological polar surface area (TPSA) is 23.6 Å². The average molecular weight is 266 g/mol. The maximum Gasteiger partial charge on any atom is 0.223 e. The Labute approximate surface area is 118 Å². The van der Waals surface area contributed by atoms with Gasteiger partial charge in [0.1, 0.15) is 0 Å². The van der Waals surface area contributed by atoms with Gasteiger partial charge >= 0.3 is 0 Å². The van der Waals surface area contributed by atoms with Gasteiger partial charge in [-0.3, -0.25) is 9.69 Å². The fraction of sp³-hybridized carbons (Fsp3) is 0.938. The number of carbonyl (C=O) groups is 1. The van der Waals surface area contributed by atoms with E-state index in [-0.39, 0.29) is 5.54 Å². The summed E-state index contributed by atoms with van der Waals surface area (Å²) in [6.45, 7) is 13.6. The average Bonchev–Trinajstić information content (AvgIpc) is 2.86. The second kappa shape index (κ2) is 5.43. The predicted molar refractivity (Wildman–Crippen MR) is 79.1 cm³/mol. The Morgan fingerprint density at radius 3 is 2.47 bits per heavy atom. The molecule has 0 spiro atoms. The first-order valence-corrected chi connectivity index (χ1v) is 7.89. The Kier molecular flexibility index (Phi) is 4.24. The maximum atomic E-state index is 12.0. The highest BCUT2D eigenvalue weighted by molar-refractivity contribution is 5.78. The molecule has 2 saturated heterocycles. The van der Waals surface area contributed by atoms with Crippen molar-refractivity contribution in [3.8, 4) is 0 Å². The van der Waals surface area contributed by atoms with E-state index in [1.807, 2.05) is 0 Å². The van der Waals surface area contributed by atoms with Gasteiger partial charge < -0.3 is 4.90 Å². The number of rotatable bonds is 4. The second-order valence-corrected chi connectivity index (χ2v) is 7.29. The van der Waals surface area contributed by atoms with Gasteiger partial charge in [-0.2, -0.15) is 0 Å². The molecule has 3 heteroatoms. The zero-order chi connectivity index (χ0) is 14.2. The minimum absolute atomic E-state index is 0.0273. The monoisotopic (exact) mass is 266 g/mol. The molecule has 0 aromatic carbocycles. The fourth-order valence-electron chi connectivity index (χ4n) is 4.07. The first-order chi connectivity index (χ1) is 8.83. The molecule has 2 atom stereocenters. The lowest BCUT2D eigenvalue weighted by Crippen LogP contribution is -2.47. The van der Waals surface area contributed by atoms with Gasteiger partial charge in [-0.25, -0.2) is 0 Å². The van der Waals surface area contributed by atoms with Crippen molar-refractivity contribution in [3.63, 3.8) is 0 Å². The quantitative estimate of drug-likeness (QED) is 0.781. The molecule has 2 aliphatic rings. The van der Waals surface area contributed by atoms with Gasteiger partial charge in [0.05, 0.1) is 0 Å². The van der Waals surface area contributed by atoms with E-state index in [0.29, 0.717) is 18.0 Å². The molecule has 2 fully saturated rings. The Morgan fingerprint density at radius 1 is 1.32 bits per heavy atom. The van der Waals surface area contributed by atoms with E-state index in [1.54, 1.807) is 0 Å². The molecule has 2 aliphatic heterocycles. The van der Waals surface area contributed by atoms with Crippen molar-refractivity contribution < 1.29 is 4.79 Å². The molecule has 0 aromatic rings. The SMILES string of the molecule is CC(C)N1CCC(CC(C)(C)N2CCCC2=O)C1C. The largest absolute Gasteiger partial charge is 0.338 e. The van der Waals surface area contributed by atoms with Crippen molar-refractivity contribution in [2.75, 3.05) is 13.1 Å². The Morgan fingerprint density at radius 2 is 2.00 bits per heavy atom. The molecule has 0 aliphatic carbocycles. The Balaban J connectivity index is 1.99. The molecule has 0 N–H and O–H groups in total. The third-order valence-electron chi connectivity index (χ3n) is 5.19. The summed E-state index contributed by atoms with van der Waals surface area (Å²) in [5.41, 5.74) is 0.0273. The number of hydrogen-bond donors (Lipinski definition) is 0. The van der Waals surface area contributed by atoms with E-state index in [0.717, 1.165) is 31.7 Å². The number of likely N-dealkylation sites (tertiary alicyclic amines) is 2. The van der Waals surface area contributed by atoms with Crippen LogP contribution in [0.15, 0.2) is 0 Å². The number of nitrogens with zero attached hydrogens (tertiary/aromatic N) is 2. The normalized spacial score (nSPS) is 29.8. The predicted octanol–water partition coefficient (Wildman–Crippen LogP) is 2.90. The van der Waals surface area contributed by atoms with Crippen LogP contribution in [0.1, 0.15) is 60.3 Å². The molecular weight excluding hydrogens is 236 g/mol. The summed E-state index contributed by atoms with van der Waals surface area (Å²) in [7, 11) is 0. The maximum absolute atomic E-state index is 12.0. The zero-order valence-corrected chi connectivity index (χ0v) is 13.3. The molecule has 0 aromatic heterocycles. The highest BCUT2D eigenvalue weighted by Gasteiger charge is 2.40. The highest BCUT2D eigenvalue weighted by atomic mass is 16.2. The molecule has 3 nitrogen and oxygen atoms in total. The van der Waals surface area contributed by atoms with Gasteiger partial charge in [0.15, 0.2) is 0 Å². The van der Waals surface area contributed by atoms with Gasteiger partial charge in [0.25, 0.3) is 0 Å². The van der Waals surface area contributed by atoms with E-state index in [4.69, 9.17) is 0 Å². The number of hydrogen-bond acceptors (Lipinski definition) is 2. The van der Waals surface area contributed by atoms with Crippen molar-refractivity contribution >= 4 is 5.91 Å². The van der Waals surface area contributed by atoms with E-state index in [1.165, 1.54) is 13.0 Å². The lowest BCUT2D eigenvalue weighted by molar-refractivity contribution is -0.132. The van der Waals surface area contributed by atoms with Gasteiger partial charge in [0, 0.05) is 30.6 Å². The van der Waals surface area contributed by atoms with E-state index >= 15 is 0 Å². The van der Waals surface area contributed by atoms with Crippen LogP contribution in [-0.2, 0) is 4.79 Å². The molecule has 110 valence electrons. The smallest absolute Gasteiger partial charge is 0.223 e. The van der Waals surface area contributed by atoms with Crippen LogP contribution in [0.3, 0.4) is 0 Å². The lowest BCUT2D eigenvalue weighted by Gasteiger charge is -2.39. The first kappa shape index (κ1) is 14.8. The van der Waals surface area contributed by atoms with Crippen LogP contribution >= 0.6 is 0 Å². The molecular formula is C16H30N2O. The molecule has 2 rings (SSSR count). The van der Waals surface area contributed by atoms with E-state index in [9.17, 15) is 4.79 Å². The third-order valence-corrected chi connectivity index (χ3v) is 5.19. The van der Waals surface area contributed by atoms with Crippen molar-refractivity contribution in [2.24, 2.45) is 5.92 Å². The minimum Gasteiger partial charge on any atom is -0.338 e. The van der Waals surface area contributed by atoms with Gasteiger partial charge in [0.2, 0.25) is 5.91 Å². The molecule has 2 heterocycles. The summed E-state index contributed by atoms with van der Waals surface area (Å²) in [5, 5.41) is 0. The first-order valence-electron chi connectivity index (χ1n) is 7.89. The van der Waals surface area contributed by atoms with Crippen molar-refractivity contribution in [1.82, 2.24) is 9.80 Å². The van der Waals surface area contributed by atoms with Crippen LogP contribution in [0, 0.1) is 5.92 Å². The van der Waals surface area contributed by atoms with Crippen molar-refractivity contribution in [2.45, 2.75) is 77.9 Å². The molecule has 1 amide bonds. The van der Waals surface area contributed by atoms with Crippen LogP contribution in [-0.4, -0.2) is 46.4 Å². The van der Waals surface area contributed by atoms with Gasteiger partial charge in [-0.15, -0.1) is 0 Å². The number of carbonyl (C=O) groups excluding carboxylic acids is 1. The number of amides is 1. The van der Waals surface area contributed by atoms with Gasteiger partial charge in [-0.1, -0.05) is 0 Å². The summed E-state index contributed by atoms with van der Waals surface area (Å²) in [6, 6.07) is 1.29. The fourth-order valence-corrected chi connectivity index (χ4v) is 4.07. The molecule has 0 radical (unpaired) electrons. The van der Waals surface area contributed by atoms with E-state index < -0.39 is 0 Å². The highest BCUT2D eigenvalue weighted by Crippen LogP contribution is 2.36. The second-order valence-electron chi connectivity index (χ2n) is 7.29.